The molecule has 11 heteroatoms. The molecule has 0 spiro atoms. The predicted octanol–water partition coefficient (Wildman–Crippen LogP) is 1.12. The number of nitrogens with one attached hydrogen (secondary N) is 1. The quantitative estimate of drug-likeness (QED) is 0.462. The van der Waals surface area contributed by atoms with Crippen LogP contribution in [0.15, 0.2) is 58.9 Å². The number of hydrogen-bond donors (Lipinski definition) is 2. The summed E-state index contributed by atoms with van der Waals surface area (Å²) in [5.41, 5.74) is 6.83. The molecule has 0 fully saturated rings. The number of allylic oxidation sites excluding steroid dienone is 1. The highest BCUT2D eigenvalue weighted by Crippen LogP contribution is 2.37. The number of carbonyl (C=O) groups excluding carboxylic acids is 2. The Morgan fingerprint density at radius 2 is 1.81 bits per heavy atom. The van der Waals surface area contributed by atoms with E-state index in [-0.39, 0.29) is 26.2 Å². The Labute approximate surface area is 215 Å². The van der Waals surface area contributed by atoms with Gasteiger partial charge in [-0.15, -0.1) is 11.3 Å². The van der Waals surface area contributed by atoms with E-state index < -0.39 is 23.4 Å². The maximum Gasteiger partial charge on any atom is 0.332 e. The first-order valence-electron chi connectivity index (χ1n) is 10.9. The number of benzene rings is 2. The third kappa shape index (κ3) is 4.70. The van der Waals surface area contributed by atoms with Gasteiger partial charge in [-0.25, -0.2) is 4.79 Å². The van der Waals surface area contributed by atoms with Crippen molar-refractivity contribution in [2.75, 3.05) is 26.6 Å². The van der Waals surface area contributed by atoms with E-state index in [4.69, 9.17) is 15.2 Å². The van der Waals surface area contributed by atoms with Gasteiger partial charge in [0.15, 0.2) is 0 Å². The fourth-order valence-electron chi connectivity index (χ4n) is 3.96. The van der Waals surface area contributed by atoms with Crippen LogP contribution in [0, 0.1) is 11.3 Å². The summed E-state index contributed by atoms with van der Waals surface area (Å²) in [7, 11) is 4.22. The van der Waals surface area contributed by atoms with E-state index >= 15 is 0 Å². The maximum atomic E-state index is 13.8. The fraction of sp³-hybridized carbons (Fsp3) is 0.154. The zero-order valence-corrected chi connectivity index (χ0v) is 20.9. The van der Waals surface area contributed by atoms with Crippen LogP contribution in [0.5, 0.6) is 11.5 Å². The van der Waals surface area contributed by atoms with Crippen molar-refractivity contribution in [3.8, 4) is 17.6 Å². The Balaban J connectivity index is 2.02. The molecule has 2 aromatic carbocycles. The maximum absolute atomic E-state index is 13.8. The van der Waals surface area contributed by atoms with Gasteiger partial charge in [0.1, 0.15) is 26.5 Å². The number of thiazole rings is 1. The number of nitriles is 1. The highest BCUT2D eigenvalue weighted by molar-refractivity contribution is 7.07. The molecule has 3 N–H and O–H groups in total. The minimum atomic E-state index is -0.914. The van der Waals surface area contributed by atoms with Crippen molar-refractivity contribution in [1.29, 1.82) is 5.26 Å². The highest BCUT2D eigenvalue weighted by Gasteiger charge is 2.36. The number of esters is 1. The van der Waals surface area contributed by atoms with Crippen LogP contribution in [0.25, 0.3) is 17.5 Å². The Morgan fingerprint density at radius 3 is 2.43 bits per heavy atom. The Hall–Kier alpha value is -4.82. The number of nitrogens with zero attached hydrogens (tertiary/aromatic N) is 2. The molecule has 0 bridgehead atoms. The number of carbonyl (C=O) groups is 2. The van der Waals surface area contributed by atoms with E-state index in [1.54, 1.807) is 48.5 Å². The Kier molecular flexibility index (Phi) is 7.13. The number of fused-ring (bicyclic) bond motifs is 1. The van der Waals surface area contributed by atoms with E-state index in [1.807, 2.05) is 0 Å². The average Bonchev–Trinajstić information content (AvgIpc) is 3.24. The molecule has 2 heterocycles. The number of amides is 1. The highest BCUT2D eigenvalue weighted by atomic mass is 32.1. The van der Waals surface area contributed by atoms with Crippen molar-refractivity contribution in [1.82, 2.24) is 4.57 Å². The zero-order chi connectivity index (χ0) is 26.7. The lowest BCUT2D eigenvalue weighted by Gasteiger charge is -2.25. The van der Waals surface area contributed by atoms with Crippen molar-refractivity contribution in [3.63, 3.8) is 0 Å². The van der Waals surface area contributed by atoms with Gasteiger partial charge in [0.25, 0.3) is 11.5 Å². The fourth-order valence-corrected chi connectivity index (χ4v) is 5.10. The monoisotopic (exact) mass is 518 g/mol. The lowest BCUT2D eigenvalue weighted by molar-refractivity contribution is -0.133. The van der Waals surface area contributed by atoms with E-state index in [0.717, 1.165) is 22.0 Å². The Bertz CT molecular complexity index is 1640. The first-order valence-corrected chi connectivity index (χ1v) is 11.7. The number of nitrogens with two attached hydrogens (primary N) is 1. The van der Waals surface area contributed by atoms with Crippen molar-refractivity contribution >= 4 is 46.4 Å². The molecular weight excluding hydrogens is 496 g/mol. The molecule has 0 unspecified atom stereocenters. The number of anilines is 1. The molecule has 0 saturated carbocycles. The van der Waals surface area contributed by atoms with Gasteiger partial charge in [-0.2, -0.15) is 5.26 Å². The number of methoxy groups -OCH3 is 3. The lowest BCUT2D eigenvalue weighted by atomic mass is 9.83. The van der Waals surface area contributed by atoms with Gasteiger partial charge in [0.2, 0.25) is 0 Å². The number of hydrogen-bond acceptors (Lipinski definition) is 9. The first kappa shape index (κ1) is 25.3. The van der Waals surface area contributed by atoms with Crippen molar-refractivity contribution in [3.05, 3.63) is 79.2 Å². The summed E-state index contributed by atoms with van der Waals surface area (Å²) < 4.78 is 16.4. The minimum absolute atomic E-state index is 0.00290. The van der Waals surface area contributed by atoms with Crippen molar-refractivity contribution in [2.24, 2.45) is 5.73 Å². The Morgan fingerprint density at radius 1 is 1.11 bits per heavy atom. The van der Waals surface area contributed by atoms with E-state index in [9.17, 15) is 19.6 Å². The summed E-state index contributed by atoms with van der Waals surface area (Å²) in [5.74, 6) is -1.22. The smallest absolute Gasteiger partial charge is 0.332 e. The van der Waals surface area contributed by atoms with Gasteiger partial charge in [0, 0.05) is 11.8 Å². The van der Waals surface area contributed by atoms with Gasteiger partial charge in [0.05, 0.1) is 44.5 Å². The summed E-state index contributed by atoms with van der Waals surface area (Å²) in [6, 6.07) is 15.6. The second-order valence-electron chi connectivity index (χ2n) is 7.80. The lowest BCUT2D eigenvalue weighted by Crippen LogP contribution is -2.40. The van der Waals surface area contributed by atoms with Crippen LogP contribution in [0.3, 0.4) is 0 Å². The molecule has 188 valence electrons. The summed E-state index contributed by atoms with van der Waals surface area (Å²) in [6.07, 6.45) is 1.02. The predicted molar refractivity (Wildman–Crippen MR) is 138 cm³/mol. The number of aromatic nitrogens is 1. The van der Waals surface area contributed by atoms with Gasteiger partial charge in [-0.05, 0) is 42.0 Å². The molecule has 0 radical (unpaired) electrons. The SMILES string of the molecule is COC(=O)/C=c1\sc2n(c1=O)C(N)=C(C#N)[C@H](c1cccc(OC)c1)C=2C(=O)Nc1ccc(OC)cc1. The van der Waals surface area contributed by atoms with Crippen LogP contribution in [0.2, 0.25) is 0 Å². The second kappa shape index (κ2) is 10.4. The van der Waals surface area contributed by atoms with Crippen LogP contribution in [0.1, 0.15) is 11.5 Å². The number of ether oxygens (including phenoxy) is 3. The van der Waals surface area contributed by atoms with Crippen LogP contribution in [-0.2, 0) is 14.3 Å². The van der Waals surface area contributed by atoms with Gasteiger partial charge < -0.3 is 25.3 Å². The molecule has 4 rings (SSSR count). The molecule has 3 aromatic rings. The topological polar surface area (TPSA) is 146 Å². The van der Waals surface area contributed by atoms with E-state index in [0.29, 0.717) is 22.7 Å². The summed E-state index contributed by atoms with van der Waals surface area (Å²) in [4.78, 5) is 38.9. The van der Waals surface area contributed by atoms with E-state index in [1.165, 1.54) is 21.3 Å². The van der Waals surface area contributed by atoms with Gasteiger partial charge in [-0.1, -0.05) is 12.1 Å². The van der Waals surface area contributed by atoms with Crippen LogP contribution >= 0.6 is 11.3 Å². The van der Waals surface area contributed by atoms with Crippen molar-refractivity contribution < 1.29 is 23.8 Å². The largest absolute Gasteiger partial charge is 0.497 e. The van der Waals surface area contributed by atoms with Gasteiger partial charge in [-0.3, -0.25) is 14.2 Å². The van der Waals surface area contributed by atoms with E-state index in [2.05, 4.69) is 16.1 Å². The number of rotatable bonds is 6. The zero-order valence-electron chi connectivity index (χ0n) is 20.1. The molecule has 1 atom stereocenters. The molecular formula is C26H22N4O6S. The van der Waals surface area contributed by atoms with Crippen LogP contribution < -0.4 is 35.3 Å². The molecule has 1 aliphatic heterocycles. The van der Waals surface area contributed by atoms with Gasteiger partial charge >= 0.3 is 5.97 Å². The average molecular weight is 519 g/mol. The molecule has 1 aliphatic rings. The molecule has 10 nitrogen and oxygen atoms in total. The summed E-state index contributed by atoms with van der Waals surface area (Å²) in [6.45, 7) is 0. The summed E-state index contributed by atoms with van der Waals surface area (Å²) in [5, 5.41) is 12.9. The third-order valence-corrected chi connectivity index (χ3v) is 6.85. The molecule has 0 aliphatic carbocycles. The molecule has 1 amide bonds. The molecule has 37 heavy (non-hydrogen) atoms. The molecule has 0 saturated heterocycles. The van der Waals surface area contributed by atoms with Crippen LogP contribution in [-0.4, -0.2) is 37.8 Å². The first-order chi connectivity index (χ1) is 17.8. The molecule has 1 aromatic heterocycles. The van der Waals surface area contributed by atoms with Crippen molar-refractivity contribution in [2.45, 2.75) is 5.92 Å². The standard InChI is InChI=1S/C26H22N4O6S/c1-34-16-9-7-15(8-10-16)29-24(32)22-21(14-5-4-6-17(11-14)35-2)18(13-27)23(28)30-25(33)19(37-26(22)30)12-20(31)36-3/h4-12,21H,28H2,1-3H3,(H,29,32)/b19-12-/t21-/m0/s1. The summed E-state index contributed by atoms with van der Waals surface area (Å²) >= 11 is 0.905. The van der Waals surface area contributed by atoms with Crippen LogP contribution in [0.4, 0.5) is 5.69 Å². The normalized spacial score (nSPS) is 15.0. The minimum Gasteiger partial charge on any atom is -0.497 e. The third-order valence-electron chi connectivity index (χ3n) is 5.74. The second-order valence-corrected chi connectivity index (χ2v) is 8.83.